The fourth-order valence-electron chi connectivity index (χ4n) is 2.44. The molecule has 0 unspecified atom stereocenters. The quantitative estimate of drug-likeness (QED) is 0.470. The minimum absolute atomic E-state index is 0.212. The lowest BCUT2D eigenvalue weighted by Crippen LogP contribution is -2.37. The highest BCUT2D eigenvalue weighted by atomic mass is 16.5. The molecular formula is C20H23N3O5. The summed E-state index contributed by atoms with van der Waals surface area (Å²) in [5, 5.41) is 7.67. The Morgan fingerprint density at radius 3 is 2.36 bits per heavy atom. The Labute approximate surface area is 163 Å². The van der Waals surface area contributed by atoms with Gasteiger partial charge in [0.05, 0.1) is 25.0 Å². The third kappa shape index (κ3) is 5.82. The number of benzene rings is 2. The molecule has 0 aliphatic rings. The number of amides is 3. The molecule has 3 N–H and O–H groups in total. The molecule has 8 nitrogen and oxygen atoms in total. The summed E-state index contributed by atoms with van der Waals surface area (Å²) in [5.74, 6) is -1.39. The van der Waals surface area contributed by atoms with Crippen LogP contribution in [0.2, 0.25) is 0 Å². The first kappa shape index (κ1) is 20.9. The third-order valence-electron chi connectivity index (χ3n) is 3.85. The average Bonchev–Trinajstić information content (AvgIpc) is 2.72. The number of rotatable bonds is 8. The van der Waals surface area contributed by atoms with Gasteiger partial charge in [-0.1, -0.05) is 30.3 Å². The molecule has 0 aliphatic heterocycles. The lowest BCUT2D eigenvalue weighted by Gasteiger charge is -2.13. The summed E-state index contributed by atoms with van der Waals surface area (Å²) < 4.78 is 10.1. The zero-order valence-electron chi connectivity index (χ0n) is 15.8. The van der Waals surface area contributed by atoms with Crippen LogP contribution < -0.4 is 20.7 Å². The number of methoxy groups -OCH3 is 2. The second-order valence-corrected chi connectivity index (χ2v) is 5.74. The van der Waals surface area contributed by atoms with Crippen LogP contribution in [-0.2, 0) is 20.9 Å². The summed E-state index contributed by atoms with van der Waals surface area (Å²) in [6, 6.07) is 13.8. The minimum Gasteiger partial charge on any atom is -0.496 e. The van der Waals surface area contributed by atoms with Crippen molar-refractivity contribution in [3.8, 4) is 5.75 Å². The van der Waals surface area contributed by atoms with E-state index in [0.29, 0.717) is 12.4 Å². The molecule has 0 aliphatic carbocycles. The van der Waals surface area contributed by atoms with Crippen LogP contribution in [0.25, 0.3) is 0 Å². The molecule has 0 spiro atoms. The molecule has 0 saturated heterocycles. The van der Waals surface area contributed by atoms with Crippen molar-refractivity contribution in [1.29, 1.82) is 0 Å². The molecule has 0 saturated carbocycles. The van der Waals surface area contributed by atoms with Gasteiger partial charge in [-0.25, -0.2) is 0 Å². The monoisotopic (exact) mass is 385 g/mol. The Kier molecular flexibility index (Phi) is 7.98. The maximum atomic E-state index is 12.6. The summed E-state index contributed by atoms with van der Waals surface area (Å²) in [7, 11) is 3.05. The minimum atomic E-state index is -0.860. The topological polar surface area (TPSA) is 106 Å². The molecule has 0 bridgehead atoms. The average molecular weight is 385 g/mol. The van der Waals surface area contributed by atoms with E-state index < -0.39 is 11.8 Å². The lowest BCUT2D eigenvalue weighted by molar-refractivity contribution is -0.136. The van der Waals surface area contributed by atoms with Crippen molar-refractivity contribution in [1.82, 2.24) is 10.6 Å². The molecule has 28 heavy (non-hydrogen) atoms. The van der Waals surface area contributed by atoms with Crippen molar-refractivity contribution < 1.29 is 23.9 Å². The van der Waals surface area contributed by atoms with Crippen LogP contribution in [0, 0.1) is 0 Å². The molecule has 0 fully saturated rings. The highest BCUT2D eigenvalue weighted by Crippen LogP contribution is 2.18. The van der Waals surface area contributed by atoms with Crippen molar-refractivity contribution in [2.45, 2.75) is 6.54 Å². The van der Waals surface area contributed by atoms with Crippen molar-refractivity contribution in [3.05, 3.63) is 59.7 Å². The summed E-state index contributed by atoms with van der Waals surface area (Å²) in [5.41, 5.74) is 1.31. The second-order valence-electron chi connectivity index (χ2n) is 5.74. The number of anilines is 1. The molecule has 2 aromatic rings. The SMILES string of the molecule is COCCNC(=O)C(=O)Nc1ccccc1C(=O)NCc1ccccc1OC. The molecule has 3 amide bonds. The molecule has 2 rings (SSSR count). The van der Waals surface area contributed by atoms with Crippen LogP contribution in [0.3, 0.4) is 0 Å². The van der Waals surface area contributed by atoms with E-state index >= 15 is 0 Å². The molecule has 0 radical (unpaired) electrons. The Bertz CT molecular complexity index is 838. The summed E-state index contributed by atoms with van der Waals surface area (Å²) >= 11 is 0. The van der Waals surface area contributed by atoms with Crippen molar-refractivity contribution >= 4 is 23.4 Å². The number of hydrogen-bond acceptors (Lipinski definition) is 5. The standard InChI is InChI=1S/C20H23N3O5/c1-27-12-11-21-19(25)20(26)23-16-9-5-4-8-15(16)18(24)22-13-14-7-3-6-10-17(14)28-2/h3-10H,11-13H2,1-2H3,(H,21,25)(H,22,24)(H,23,26). The molecule has 2 aromatic carbocycles. The first-order valence-corrected chi connectivity index (χ1v) is 8.64. The lowest BCUT2D eigenvalue weighted by atomic mass is 10.1. The highest BCUT2D eigenvalue weighted by molar-refractivity contribution is 6.40. The van der Waals surface area contributed by atoms with Crippen LogP contribution in [-0.4, -0.2) is 45.1 Å². The van der Waals surface area contributed by atoms with Crippen LogP contribution in [0.15, 0.2) is 48.5 Å². The Morgan fingerprint density at radius 2 is 1.61 bits per heavy atom. The van der Waals surface area contributed by atoms with E-state index in [2.05, 4.69) is 16.0 Å². The van der Waals surface area contributed by atoms with Gasteiger partial charge in [-0.2, -0.15) is 0 Å². The second kappa shape index (κ2) is 10.7. The summed E-state index contributed by atoms with van der Waals surface area (Å²) in [6.07, 6.45) is 0. The predicted molar refractivity (Wildman–Crippen MR) is 104 cm³/mol. The van der Waals surface area contributed by atoms with Gasteiger partial charge in [-0.15, -0.1) is 0 Å². The van der Waals surface area contributed by atoms with Crippen LogP contribution in [0.1, 0.15) is 15.9 Å². The van der Waals surface area contributed by atoms with Gasteiger partial charge in [0.2, 0.25) is 0 Å². The number of ether oxygens (including phenoxy) is 2. The molecule has 148 valence electrons. The molecular weight excluding hydrogens is 362 g/mol. The van der Waals surface area contributed by atoms with Gasteiger partial charge < -0.3 is 25.4 Å². The number of nitrogens with one attached hydrogen (secondary N) is 3. The number of hydrogen-bond donors (Lipinski definition) is 3. The van der Waals surface area contributed by atoms with Gasteiger partial charge in [0.1, 0.15) is 5.75 Å². The van der Waals surface area contributed by atoms with Gasteiger partial charge in [-0.3, -0.25) is 14.4 Å². The summed E-state index contributed by atoms with van der Waals surface area (Å²) in [6.45, 7) is 0.757. The maximum absolute atomic E-state index is 12.6. The van der Waals surface area contributed by atoms with E-state index in [-0.39, 0.29) is 30.2 Å². The molecule has 0 atom stereocenters. The van der Waals surface area contributed by atoms with Crippen LogP contribution in [0.4, 0.5) is 5.69 Å². The van der Waals surface area contributed by atoms with E-state index in [1.54, 1.807) is 37.4 Å². The van der Waals surface area contributed by atoms with Crippen LogP contribution in [0.5, 0.6) is 5.75 Å². The zero-order chi connectivity index (χ0) is 20.4. The maximum Gasteiger partial charge on any atom is 0.313 e. The van der Waals surface area contributed by atoms with E-state index in [1.807, 2.05) is 18.2 Å². The fraction of sp³-hybridized carbons (Fsp3) is 0.250. The normalized spacial score (nSPS) is 10.1. The predicted octanol–water partition coefficient (Wildman–Crippen LogP) is 1.33. The first-order valence-electron chi connectivity index (χ1n) is 8.64. The largest absolute Gasteiger partial charge is 0.496 e. The van der Waals surface area contributed by atoms with Crippen molar-refractivity contribution in [2.24, 2.45) is 0 Å². The van der Waals surface area contributed by atoms with Gasteiger partial charge in [-0.05, 0) is 18.2 Å². The summed E-state index contributed by atoms with van der Waals surface area (Å²) in [4.78, 5) is 36.4. The third-order valence-corrected chi connectivity index (χ3v) is 3.85. The number of carbonyl (C=O) groups excluding carboxylic acids is 3. The highest BCUT2D eigenvalue weighted by Gasteiger charge is 2.17. The van der Waals surface area contributed by atoms with Gasteiger partial charge in [0.15, 0.2) is 0 Å². The van der Waals surface area contributed by atoms with Crippen LogP contribution >= 0.6 is 0 Å². The number of carbonyl (C=O) groups is 3. The molecule has 0 heterocycles. The van der Waals surface area contributed by atoms with E-state index in [1.165, 1.54) is 7.11 Å². The smallest absolute Gasteiger partial charge is 0.313 e. The number of para-hydroxylation sites is 2. The van der Waals surface area contributed by atoms with E-state index in [0.717, 1.165) is 5.56 Å². The van der Waals surface area contributed by atoms with Gasteiger partial charge in [0, 0.05) is 25.8 Å². The Morgan fingerprint density at radius 1 is 0.893 bits per heavy atom. The van der Waals surface area contributed by atoms with Gasteiger partial charge in [0.25, 0.3) is 5.91 Å². The van der Waals surface area contributed by atoms with E-state index in [4.69, 9.17) is 9.47 Å². The van der Waals surface area contributed by atoms with Crippen molar-refractivity contribution in [3.63, 3.8) is 0 Å². The first-order chi connectivity index (χ1) is 13.6. The molecule has 0 aromatic heterocycles. The zero-order valence-corrected chi connectivity index (χ0v) is 15.8. The van der Waals surface area contributed by atoms with E-state index in [9.17, 15) is 14.4 Å². The Balaban J connectivity index is 2.03. The fourth-order valence-corrected chi connectivity index (χ4v) is 2.44. The Hall–Kier alpha value is -3.39. The van der Waals surface area contributed by atoms with Crippen molar-refractivity contribution in [2.75, 3.05) is 32.7 Å². The molecule has 8 heteroatoms. The van der Waals surface area contributed by atoms with Gasteiger partial charge >= 0.3 is 11.8 Å².